The molecule has 3 heteroatoms. The lowest BCUT2D eigenvalue weighted by atomic mass is 10.2. The highest BCUT2D eigenvalue weighted by Crippen LogP contribution is 1.95. The van der Waals surface area contributed by atoms with Gasteiger partial charge in [0.05, 0.1) is 0 Å². The Morgan fingerprint density at radius 1 is 1.27 bits per heavy atom. The third-order valence-corrected chi connectivity index (χ3v) is 1.37. The molecule has 1 aromatic heterocycles. The van der Waals surface area contributed by atoms with Crippen LogP contribution in [0.2, 0.25) is 0 Å². The molecule has 2 nitrogen and oxygen atoms in total. The number of aromatic nitrogens is 2. The fraction of sp³-hybridized carbons (Fsp3) is 0.500. The van der Waals surface area contributed by atoms with E-state index in [-0.39, 0.29) is 9.90 Å². The summed E-state index contributed by atoms with van der Waals surface area (Å²) < 4.78 is 0. The summed E-state index contributed by atoms with van der Waals surface area (Å²) in [5.41, 5.74) is 0. The van der Waals surface area contributed by atoms with E-state index in [0.29, 0.717) is 0 Å². The molecular formula is C8H15N2P. The SMILES string of the molecule is CCCCc1ncccn1.P. The van der Waals surface area contributed by atoms with E-state index in [1.165, 1.54) is 12.8 Å². The molecule has 1 aromatic rings. The molecule has 0 aliphatic rings. The van der Waals surface area contributed by atoms with Gasteiger partial charge in [0, 0.05) is 18.8 Å². The van der Waals surface area contributed by atoms with Crippen LogP contribution >= 0.6 is 9.90 Å². The molecule has 1 unspecified atom stereocenters. The highest BCUT2D eigenvalue weighted by atomic mass is 31.0. The van der Waals surface area contributed by atoms with Crippen molar-refractivity contribution in [2.45, 2.75) is 26.2 Å². The van der Waals surface area contributed by atoms with Crippen LogP contribution in [0.25, 0.3) is 0 Å². The van der Waals surface area contributed by atoms with Crippen LogP contribution in [0.15, 0.2) is 18.5 Å². The zero-order valence-electron chi connectivity index (χ0n) is 6.95. The molecule has 0 bridgehead atoms. The highest BCUT2D eigenvalue weighted by Gasteiger charge is 1.90. The van der Waals surface area contributed by atoms with Crippen LogP contribution < -0.4 is 0 Å². The van der Waals surface area contributed by atoms with E-state index >= 15 is 0 Å². The van der Waals surface area contributed by atoms with Crippen molar-refractivity contribution >= 4 is 9.90 Å². The Labute approximate surface area is 71.1 Å². The first-order chi connectivity index (χ1) is 4.93. The van der Waals surface area contributed by atoms with Gasteiger partial charge in [-0.05, 0) is 12.5 Å². The quantitative estimate of drug-likeness (QED) is 0.647. The van der Waals surface area contributed by atoms with Gasteiger partial charge in [-0.2, -0.15) is 9.90 Å². The average Bonchev–Trinajstić information content (AvgIpc) is 2.03. The van der Waals surface area contributed by atoms with Gasteiger partial charge in [-0.25, -0.2) is 9.97 Å². The molecule has 1 heterocycles. The van der Waals surface area contributed by atoms with Gasteiger partial charge >= 0.3 is 0 Å². The largest absolute Gasteiger partial charge is 0.241 e. The van der Waals surface area contributed by atoms with Crippen LogP contribution in [-0.2, 0) is 6.42 Å². The van der Waals surface area contributed by atoms with Gasteiger partial charge < -0.3 is 0 Å². The predicted molar refractivity (Wildman–Crippen MR) is 51.7 cm³/mol. The molecule has 11 heavy (non-hydrogen) atoms. The maximum atomic E-state index is 4.11. The molecule has 0 N–H and O–H groups in total. The van der Waals surface area contributed by atoms with Crippen LogP contribution in [0.4, 0.5) is 0 Å². The molecular weight excluding hydrogens is 155 g/mol. The zero-order chi connectivity index (χ0) is 7.23. The fourth-order valence-electron chi connectivity index (χ4n) is 0.794. The van der Waals surface area contributed by atoms with Crippen LogP contribution in [0, 0.1) is 0 Å². The van der Waals surface area contributed by atoms with Crippen molar-refractivity contribution in [3.63, 3.8) is 0 Å². The van der Waals surface area contributed by atoms with Crippen molar-refractivity contribution in [2.24, 2.45) is 0 Å². The summed E-state index contributed by atoms with van der Waals surface area (Å²) in [6.07, 6.45) is 6.98. The van der Waals surface area contributed by atoms with E-state index in [9.17, 15) is 0 Å². The molecule has 0 saturated carbocycles. The predicted octanol–water partition coefficient (Wildman–Crippen LogP) is 1.88. The Hall–Kier alpha value is -0.490. The van der Waals surface area contributed by atoms with Gasteiger partial charge in [0.25, 0.3) is 0 Å². The molecule has 0 fully saturated rings. The maximum absolute atomic E-state index is 4.11. The molecule has 1 rings (SSSR count). The minimum atomic E-state index is 0. The molecule has 0 aromatic carbocycles. The molecule has 0 saturated heterocycles. The summed E-state index contributed by atoms with van der Waals surface area (Å²) in [7, 11) is 0. The summed E-state index contributed by atoms with van der Waals surface area (Å²) in [6, 6.07) is 1.84. The van der Waals surface area contributed by atoms with Crippen LogP contribution in [-0.4, -0.2) is 9.97 Å². The van der Waals surface area contributed by atoms with Gasteiger partial charge in [-0.1, -0.05) is 13.3 Å². The maximum Gasteiger partial charge on any atom is 0.128 e. The molecule has 0 amide bonds. The zero-order valence-corrected chi connectivity index (χ0v) is 8.37. The fourth-order valence-corrected chi connectivity index (χ4v) is 0.794. The lowest BCUT2D eigenvalue weighted by molar-refractivity contribution is 0.752. The van der Waals surface area contributed by atoms with Crippen LogP contribution in [0.3, 0.4) is 0 Å². The monoisotopic (exact) mass is 170 g/mol. The minimum Gasteiger partial charge on any atom is -0.241 e. The van der Waals surface area contributed by atoms with Gasteiger partial charge in [0.2, 0.25) is 0 Å². The summed E-state index contributed by atoms with van der Waals surface area (Å²) in [4.78, 5) is 8.21. The molecule has 0 aliphatic carbocycles. The first-order valence-corrected chi connectivity index (χ1v) is 3.69. The van der Waals surface area contributed by atoms with E-state index in [1.54, 1.807) is 12.4 Å². The normalized spacial score (nSPS) is 8.82. The van der Waals surface area contributed by atoms with Crippen molar-refractivity contribution in [1.82, 2.24) is 9.97 Å². The first kappa shape index (κ1) is 10.5. The smallest absolute Gasteiger partial charge is 0.128 e. The average molecular weight is 170 g/mol. The molecule has 0 aliphatic heterocycles. The molecule has 0 spiro atoms. The van der Waals surface area contributed by atoms with Crippen molar-refractivity contribution in [3.8, 4) is 0 Å². The van der Waals surface area contributed by atoms with Crippen LogP contribution in [0.5, 0.6) is 0 Å². The summed E-state index contributed by atoms with van der Waals surface area (Å²) >= 11 is 0. The lowest BCUT2D eigenvalue weighted by Crippen LogP contribution is -1.91. The molecule has 62 valence electrons. The first-order valence-electron chi connectivity index (χ1n) is 3.69. The second-order valence-electron chi connectivity index (χ2n) is 2.27. The second kappa shape index (κ2) is 6.23. The number of aryl methyl sites for hydroxylation is 1. The van der Waals surface area contributed by atoms with Gasteiger partial charge in [0.1, 0.15) is 5.82 Å². The summed E-state index contributed by atoms with van der Waals surface area (Å²) in [5, 5.41) is 0. The number of hydrogen-bond acceptors (Lipinski definition) is 2. The van der Waals surface area contributed by atoms with Gasteiger partial charge in [-0.3, -0.25) is 0 Å². The minimum absolute atomic E-state index is 0. The van der Waals surface area contributed by atoms with E-state index in [0.717, 1.165) is 12.2 Å². The van der Waals surface area contributed by atoms with Crippen LogP contribution in [0.1, 0.15) is 25.6 Å². The van der Waals surface area contributed by atoms with E-state index < -0.39 is 0 Å². The molecule has 0 radical (unpaired) electrons. The molecule has 1 atom stereocenters. The number of unbranched alkanes of at least 4 members (excludes halogenated alkanes) is 1. The standard InChI is InChI=1S/C8H12N2.H3P/c1-2-3-5-8-9-6-4-7-10-8;/h4,6-7H,2-3,5H2,1H3;1H3. The Bertz CT molecular complexity index is 177. The second-order valence-corrected chi connectivity index (χ2v) is 2.27. The number of rotatable bonds is 3. The Balaban J connectivity index is 0.000001000. The number of hydrogen-bond donors (Lipinski definition) is 0. The third kappa shape index (κ3) is 4.05. The topological polar surface area (TPSA) is 25.8 Å². The van der Waals surface area contributed by atoms with Gasteiger partial charge in [0.15, 0.2) is 0 Å². The van der Waals surface area contributed by atoms with Crippen molar-refractivity contribution < 1.29 is 0 Å². The van der Waals surface area contributed by atoms with Gasteiger partial charge in [-0.15, -0.1) is 0 Å². The third-order valence-electron chi connectivity index (χ3n) is 1.37. The Kier molecular flexibility index (Phi) is 5.96. The van der Waals surface area contributed by atoms with Crippen molar-refractivity contribution in [1.29, 1.82) is 0 Å². The highest BCUT2D eigenvalue weighted by molar-refractivity contribution is 6.92. The van der Waals surface area contributed by atoms with E-state index in [1.807, 2.05) is 6.07 Å². The summed E-state index contributed by atoms with van der Waals surface area (Å²) in [6.45, 7) is 2.17. The summed E-state index contributed by atoms with van der Waals surface area (Å²) in [5.74, 6) is 0.962. The van der Waals surface area contributed by atoms with E-state index in [4.69, 9.17) is 0 Å². The van der Waals surface area contributed by atoms with Crippen molar-refractivity contribution in [2.75, 3.05) is 0 Å². The number of nitrogens with zero attached hydrogens (tertiary/aromatic N) is 2. The van der Waals surface area contributed by atoms with Crippen molar-refractivity contribution in [3.05, 3.63) is 24.3 Å². The van der Waals surface area contributed by atoms with E-state index in [2.05, 4.69) is 16.9 Å². The lowest BCUT2D eigenvalue weighted by Gasteiger charge is -1.94. The Morgan fingerprint density at radius 3 is 2.45 bits per heavy atom. The Morgan fingerprint density at radius 2 is 1.91 bits per heavy atom.